The first-order valence-electron chi connectivity index (χ1n) is 7.08. The molecule has 0 saturated heterocycles. The topological polar surface area (TPSA) is 62.7 Å². The summed E-state index contributed by atoms with van der Waals surface area (Å²) in [6.07, 6.45) is 5.11. The molecule has 22 heavy (non-hydrogen) atoms. The largest absolute Gasteiger partial charge is 0.366 e. The standard InChI is InChI=1S/C17H17N5/c1-13-2-4-15(5-3-13)22-17-10-16(20-12-21-17)19-11-14-6-8-18-9-7-14/h2-10,12H,11H2,1H3,(H2,19,20,21,22). The van der Waals surface area contributed by atoms with Crippen molar-refractivity contribution in [1.29, 1.82) is 0 Å². The van der Waals surface area contributed by atoms with Gasteiger partial charge >= 0.3 is 0 Å². The van der Waals surface area contributed by atoms with Gasteiger partial charge in [-0.3, -0.25) is 4.98 Å². The zero-order valence-corrected chi connectivity index (χ0v) is 12.3. The molecule has 5 nitrogen and oxygen atoms in total. The van der Waals surface area contributed by atoms with Crippen molar-refractivity contribution in [3.63, 3.8) is 0 Å². The highest BCUT2D eigenvalue weighted by Gasteiger charge is 2.00. The quantitative estimate of drug-likeness (QED) is 0.753. The van der Waals surface area contributed by atoms with Gasteiger partial charge in [0.2, 0.25) is 0 Å². The average Bonchev–Trinajstić information content (AvgIpc) is 2.57. The van der Waals surface area contributed by atoms with Crippen LogP contribution >= 0.6 is 0 Å². The molecule has 5 heteroatoms. The van der Waals surface area contributed by atoms with Gasteiger partial charge in [-0.05, 0) is 36.8 Å². The lowest BCUT2D eigenvalue weighted by Gasteiger charge is -2.09. The molecular weight excluding hydrogens is 274 g/mol. The Balaban J connectivity index is 1.66. The van der Waals surface area contributed by atoms with E-state index < -0.39 is 0 Å². The molecule has 2 heterocycles. The highest BCUT2D eigenvalue weighted by atomic mass is 15.1. The van der Waals surface area contributed by atoms with Gasteiger partial charge in [0.25, 0.3) is 0 Å². The van der Waals surface area contributed by atoms with Gasteiger partial charge in [0.15, 0.2) is 0 Å². The van der Waals surface area contributed by atoms with Crippen LogP contribution in [0.25, 0.3) is 0 Å². The molecule has 110 valence electrons. The summed E-state index contributed by atoms with van der Waals surface area (Å²) in [4.78, 5) is 12.5. The highest BCUT2D eigenvalue weighted by molar-refractivity contribution is 5.59. The Labute approximate surface area is 129 Å². The van der Waals surface area contributed by atoms with E-state index in [0.29, 0.717) is 6.54 Å². The average molecular weight is 291 g/mol. The minimum Gasteiger partial charge on any atom is -0.366 e. The van der Waals surface area contributed by atoms with Crippen LogP contribution in [0, 0.1) is 6.92 Å². The molecule has 1 aromatic carbocycles. The molecule has 0 unspecified atom stereocenters. The van der Waals surface area contributed by atoms with Crippen molar-refractivity contribution in [2.45, 2.75) is 13.5 Å². The molecule has 3 aromatic rings. The van der Waals surface area contributed by atoms with Gasteiger partial charge in [-0.2, -0.15) is 0 Å². The summed E-state index contributed by atoms with van der Waals surface area (Å²) in [7, 11) is 0. The van der Waals surface area contributed by atoms with Crippen molar-refractivity contribution in [2.75, 3.05) is 10.6 Å². The van der Waals surface area contributed by atoms with Crippen LogP contribution in [0.5, 0.6) is 0 Å². The monoisotopic (exact) mass is 291 g/mol. The summed E-state index contributed by atoms with van der Waals surface area (Å²) in [5, 5.41) is 6.55. The van der Waals surface area contributed by atoms with Gasteiger partial charge in [0, 0.05) is 30.7 Å². The molecule has 0 fully saturated rings. The van der Waals surface area contributed by atoms with Crippen LogP contribution in [0.4, 0.5) is 17.3 Å². The first-order valence-corrected chi connectivity index (χ1v) is 7.08. The van der Waals surface area contributed by atoms with Crippen molar-refractivity contribution in [2.24, 2.45) is 0 Å². The summed E-state index contributed by atoms with van der Waals surface area (Å²) in [5.74, 6) is 1.54. The van der Waals surface area contributed by atoms with E-state index >= 15 is 0 Å². The summed E-state index contributed by atoms with van der Waals surface area (Å²) < 4.78 is 0. The molecule has 0 radical (unpaired) electrons. The van der Waals surface area contributed by atoms with Crippen molar-refractivity contribution >= 4 is 17.3 Å². The minimum absolute atomic E-state index is 0.698. The molecule has 0 saturated carbocycles. The number of hydrogen-bond donors (Lipinski definition) is 2. The number of rotatable bonds is 5. The summed E-state index contributed by atoms with van der Waals surface area (Å²) in [6, 6.07) is 14.0. The van der Waals surface area contributed by atoms with E-state index in [1.807, 2.05) is 30.3 Å². The maximum Gasteiger partial charge on any atom is 0.135 e. The van der Waals surface area contributed by atoms with Gasteiger partial charge < -0.3 is 10.6 Å². The Morgan fingerprint density at radius 2 is 1.64 bits per heavy atom. The fourth-order valence-electron chi connectivity index (χ4n) is 2.00. The molecule has 0 spiro atoms. The predicted octanol–water partition coefficient (Wildman–Crippen LogP) is 3.54. The van der Waals surface area contributed by atoms with E-state index in [1.165, 1.54) is 5.56 Å². The molecule has 0 atom stereocenters. The molecule has 0 aliphatic carbocycles. The Morgan fingerprint density at radius 3 is 2.41 bits per heavy atom. The second kappa shape index (κ2) is 6.67. The Kier molecular flexibility index (Phi) is 4.25. The molecular formula is C17H17N5. The van der Waals surface area contributed by atoms with Gasteiger partial charge in [0.1, 0.15) is 18.0 Å². The molecule has 0 aliphatic rings. The van der Waals surface area contributed by atoms with Crippen LogP contribution in [-0.2, 0) is 6.54 Å². The fourth-order valence-corrected chi connectivity index (χ4v) is 2.00. The summed E-state index contributed by atoms with van der Waals surface area (Å²) in [5.41, 5.74) is 3.39. The van der Waals surface area contributed by atoms with Crippen molar-refractivity contribution in [1.82, 2.24) is 15.0 Å². The van der Waals surface area contributed by atoms with Gasteiger partial charge in [-0.1, -0.05) is 17.7 Å². The van der Waals surface area contributed by atoms with Crippen molar-refractivity contribution in [3.05, 3.63) is 72.3 Å². The van der Waals surface area contributed by atoms with Crippen LogP contribution in [0.1, 0.15) is 11.1 Å². The number of benzene rings is 1. The normalized spacial score (nSPS) is 10.2. The van der Waals surface area contributed by atoms with E-state index in [1.54, 1.807) is 18.7 Å². The lowest BCUT2D eigenvalue weighted by atomic mass is 10.2. The van der Waals surface area contributed by atoms with Crippen LogP contribution < -0.4 is 10.6 Å². The number of aromatic nitrogens is 3. The van der Waals surface area contributed by atoms with Crippen LogP contribution in [-0.4, -0.2) is 15.0 Å². The second-order valence-electron chi connectivity index (χ2n) is 4.99. The van der Waals surface area contributed by atoms with Crippen molar-refractivity contribution < 1.29 is 0 Å². The number of hydrogen-bond acceptors (Lipinski definition) is 5. The minimum atomic E-state index is 0.698. The Bertz CT molecular complexity index is 726. The Hall–Kier alpha value is -2.95. The molecule has 0 aliphatic heterocycles. The Morgan fingerprint density at radius 1 is 0.909 bits per heavy atom. The number of pyridine rings is 1. The number of anilines is 3. The predicted molar refractivity (Wildman–Crippen MR) is 88.1 cm³/mol. The lowest BCUT2D eigenvalue weighted by molar-refractivity contribution is 1.07. The van der Waals surface area contributed by atoms with Gasteiger partial charge in [-0.15, -0.1) is 0 Å². The number of nitrogens with one attached hydrogen (secondary N) is 2. The van der Waals surface area contributed by atoms with E-state index in [4.69, 9.17) is 0 Å². The van der Waals surface area contributed by atoms with E-state index in [2.05, 4.69) is 44.6 Å². The number of aryl methyl sites for hydroxylation is 1. The maximum absolute atomic E-state index is 4.24. The second-order valence-corrected chi connectivity index (χ2v) is 4.99. The van der Waals surface area contributed by atoms with Crippen LogP contribution in [0.3, 0.4) is 0 Å². The summed E-state index contributed by atoms with van der Waals surface area (Å²) in [6.45, 7) is 2.76. The zero-order chi connectivity index (χ0) is 15.2. The first-order chi connectivity index (χ1) is 10.8. The van der Waals surface area contributed by atoms with Gasteiger partial charge in [0.05, 0.1) is 0 Å². The van der Waals surface area contributed by atoms with Crippen molar-refractivity contribution in [3.8, 4) is 0 Å². The van der Waals surface area contributed by atoms with Crippen LogP contribution in [0.2, 0.25) is 0 Å². The first kappa shape index (κ1) is 14.0. The third-order valence-electron chi connectivity index (χ3n) is 3.21. The van der Waals surface area contributed by atoms with Crippen LogP contribution in [0.15, 0.2) is 61.2 Å². The molecule has 0 bridgehead atoms. The SMILES string of the molecule is Cc1ccc(Nc2cc(NCc3ccncc3)ncn2)cc1. The third kappa shape index (κ3) is 3.79. The van der Waals surface area contributed by atoms with E-state index in [9.17, 15) is 0 Å². The lowest BCUT2D eigenvalue weighted by Crippen LogP contribution is -2.03. The zero-order valence-electron chi connectivity index (χ0n) is 12.3. The highest BCUT2D eigenvalue weighted by Crippen LogP contribution is 2.17. The molecule has 0 amide bonds. The third-order valence-corrected chi connectivity index (χ3v) is 3.21. The number of nitrogens with zero attached hydrogens (tertiary/aromatic N) is 3. The van der Waals surface area contributed by atoms with Gasteiger partial charge in [-0.25, -0.2) is 9.97 Å². The smallest absolute Gasteiger partial charge is 0.135 e. The molecule has 2 N–H and O–H groups in total. The van der Waals surface area contributed by atoms with E-state index in [0.717, 1.165) is 22.9 Å². The summed E-state index contributed by atoms with van der Waals surface area (Å²) >= 11 is 0. The maximum atomic E-state index is 4.24. The molecule has 2 aromatic heterocycles. The van der Waals surface area contributed by atoms with E-state index in [-0.39, 0.29) is 0 Å². The molecule has 3 rings (SSSR count). The fraction of sp³-hybridized carbons (Fsp3) is 0.118.